The SMILES string of the molecule is CC(=O)N(CC(=O)N1CCOCC1)c1cccc(Cl)c1C. The molecule has 0 bridgehead atoms. The molecular weight excluding hydrogens is 292 g/mol. The zero-order chi connectivity index (χ0) is 15.4. The zero-order valence-electron chi connectivity index (χ0n) is 12.3. The van der Waals surface area contributed by atoms with Crippen molar-refractivity contribution in [2.75, 3.05) is 37.7 Å². The third-order valence-electron chi connectivity index (χ3n) is 3.57. The van der Waals surface area contributed by atoms with Crippen LogP contribution in [0.1, 0.15) is 12.5 Å². The van der Waals surface area contributed by atoms with Crippen molar-refractivity contribution < 1.29 is 14.3 Å². The van der Waals surface area contributed by atoms with E-state index in [0.29, 0.717) is 37.0 Å². The lowest BCUT2D eigenvalue weighted by Gasteiger charge is -2.30. The number of ether oxygens (including phenoxy) is 1. The van der Waals surface area contributed by atoms with Crippen molar-refractivity contribution in [2.24, 2.45) is 0 Å². The van der Waals surface area contributed by atoms with Gasteiger partial charge in [0.15, 0.2) is 0 Å². The zero-order valence-corrected chi connectivity index (χ0v) is 13.0. The van der Waals surface area contributed by atoms with Crippen molar-refractivity contribution in [1.82, 2.24) is 4.90 Å². The molecule has 1 saturated heterocycles. The predicted octanol–water partition coefficient (Wildman–Crippen LogP) is 1.86. The first-order valence-corrected chi connectivity index (χ1v) is 7.27. The molecule has 2 rings (SSSR count). The second-order valence-corrected chi connectivity index (χ2v) is 5.39. The van der Waals surface area contributed by atoms with Gasteiger partial charge in [-0.2, -0.15) is 0 Å². The number of hydrogen-bond donors (Lipinski definition) is 0. The van der Waals surface area contributed by atoms with E-state index in [4.69, 9.17) is 16.3 Å². The number of carbonyl (C=O) groups is 2. The summed E-state index contributed by atoms with van der Waals surface area (Å²) in [6.07, 6.45) is 0. The molecule has 0 aromatic heterocycles. The number of amides is 2. The molecule has 0 N–H and O–H groups in total. The van der Waals surface area contributed by atoms with Gasteiger partial charge in [0.25, 0.3) is 0 Å². The monoisotopic (exact) mass is 310 g/mol. The van der Waals surface area contributed by atoms with Crippen LogP contribution in [0.15, 0.2) is 18.2 Å². The lowest BCUT2D eigenvalue weighted by molar-refractivity contribution is -0.134. The maximum absolute atomic E-state index is 12.3. The van der Waals surface area contributed by atoms with Gasteiger partial charge in [-0.25, -0.2) is 0 Å². The average molecular weight is 311 g/mol. The van der Waals surface area contributed by atoms with Crippen molar-refractivity contribution in [2.45, 2.75) is 13.8 Å². The van der Waals surface area contributed by atoms with Crippen LogP contribution in [0, 0.1) is 6.92 Å². The predicted molar refractivity (Wildman–Crippen MR) is 81.6 cm³/mol. The molecule has 0 atom stereocenters. The second-order valence-electron chi connectivity index (χ2n) is 4.98. The van der Waals surface area contributed by atoms with Crippen LogP contribution in [0.3, 0.4) is 0 Å². The maximum Gasteiger partial charge on any atom is 0.242 e. The summed E-state index contributed by atoms with van der Waals surface area (Å²) in [6.45, 7) is 5.54. The van der Waals surface area contributed by atoms with E-state index < -0.39 is 0 Å². The number of carbonyl (C=O) groups excluding carboxylic acids is 2. The fourth-order valence-electron chi connectivity index (χ4n) is 2.30. The van der Waals surface area contributed by atoms with Gasteiger partial charge in [0.05, 0.1) is 13.2 Å². The fourth-order valence-corrected chi connectivity index (χ4v) is 2.47. The summed E-state index contributed by atoms with van der Waals surface area (Å²) in [6, 6.07) is 5.34. The van der Waals surface area contributed by atoms with Gasteiger partial charge >= 0.3 is 0 Å². The highest BCUT2D eigenvalue weighted by molar-refractivity contribution is 6.31. The van der Waals surface area contributed by atoms with Gasteiger partial charge in [0.2, 0.25) is 11.8 Å². The average Bonchev–Trinajstić information content (AvgIpc) is 2.48. The van der Waals surface area contributed by atoms with Crippen molar-refractivity contribution in [3.63, 3.8) is 0 Å². The molecule has 0 aliphatic carbocycles. The number of rotatable bonds is 3. The van der Waals surface area contributed by atoms with Gasteiger partial charge in [-0.3, -0.25) is 9.59 Å². The van der Waals surface area contributed by atoms with E-state index in [0.717, 1.165) is 5.56 Å². The molecule has 1 aliphatic rings. The van der Waals surface area contributed by atoms with E-state index in [9.17, 15) is 9.59 Å². The van der Waals surface area contributed by atoms with Crippen molar-refractivity contribution >= 4 is 29.1 Å². The van der Waals surface area contributed by atoms with Gasteiger partial charge in [0.1, 0.15) is 6.54 Å². The number of morpholine rings is 1. The molecule has 21 heavy (non-hydrogen) atoms. The first-order chi connectivity index (χ1) is 10.0. The molecule has 1 heterocycles. The normalized spacial score (nSPS) is 14.9. The summed E-state index contributed by atoms with van der Waals surface area (Å²) >= 11 is 6.10. The Balaban J connectivity index is 2.17. The Labute approximate surface area is 129 Å². The maximum atomic E-state index is 12.3. The van der Waals surface area contributed by atoms with Crippen LogP contribution in [0.2, 0.25) is 5.02 Å². The number of nitrogens with zero attached hydrogens (tertiary/aromatic N) is 2. The van der Waals surface area contributed by atoms with E-state index in [2.05, 4.69) is 0 Å². The Kier molecular flexibility index (Phi) is 5.20. The minimum atomic E-state index is -0.179. The summed E-state index contributed by atoms with van der Waals surface area (Å²) in [5.74, 6) is -0.255. The Bertz CT molecular complexity index is 542. The van der Waals surface area contributed by atoms with E-state index in [1.165, 1.54) is 11.8 Å². The number of hydrogen-bond acceptors (Lipinski definition) is 3. The van der Waals surface area contributed by atoms with Gasteiger partial charge in [-0.05, 0) is 24.6 Å². The summed E-state index contributed by atoms with van der Waals surface area (Å²) in [4.78, 5) is 27.4. The second kappa shape index (κ2) is 6.91. The molecule has 0 unspecified atom stereocenters. The van der Waals surface area contributed by atoms with Crippen LogP contribution in [-0.2, 0) is 14.3 Å². The van der Waals surface area contributed by atoms with Gasteiger partial charge in [-0.1, -0.05) is 17.7 Å². The van der Waals surface area contributed by atoms with Crippen LogP contribution < -0.4 is 4.90 Å². The highest BCUT2D eigenvalue weighted by Crippen LogP contribution is 2.26. The fraction of sp³-hybridized carbons (Fsp3) is 0.467. The molecule has 1 aliphatic heterocycles. The standard InChI is InChI=1S/C15H19ClN2O3/c1-11-13(16)4-3-5-14(11)18(12(2)19)10-15(20)17-6-8-21-9-7-17/h3-5H,6-10H2,1-2H3. The van der Waals surface area contributed by atoms with E-state index in [-0.39, 0.29) is 18.4 Å². The van der Waals surface area contributed by atoms with Gasteiger partial charge in [0, 0.05) is 30.7 Å². The van der Waals surface area contributed by atoms with Crippen LogP contribution >= 0.6 is 11.6 Å². The Morgan fingerprint density at radius 2 is 2.00 bits per heavy atom. The molecule has 2 amide bonds. The first-order valence-electron chi connectivity index (χ1n) is 6.89. The van der Waals surface area contributed by atoms with Crippen LogP contribution in [0.25, 0.3) is 0 Å². The molecule has 1 fully saturated rings. The highest BCUT2D eigenvalue weighted by Gasteiger charge is 2.23. The third-order valence-corrected chi connectivity index (χ3v) is 3.98. The summed E-state index contributed by atoms with van der Waals surface area (Å²) in [5, 5.41) is 0.581. The highest BCUT2D eigenvalue weighted by atomic mass is 35.5. The summed E-state index contributed by atoms with van der Waals surface area (Å²) in [7, 11) is 0. The molecule has 6 heteroatoms. The number of halogens is 1. The lowest BCUT2D eigenvalue weighted by atomic mass is 10.1. The molecule has 1 aromatic rings. The van der Waals surface area contributed by atoms with Crippen LogP contribution in [-0.4, -0.2) is 49.6 Å². The van der Waals surface area contributed by atoms with E-state index in [1.54, 1.807) is 23.1 Å². The Hall–Kier alpha value is -1.59. The Morgan fingerprint density at radius 1 is 1.33 bits per heavy atom. The minimum absolute atomic E-state index is 0.0243. The van der Waals surface area contributed by atoms with Crippen LogP contribution in [0.4, 0.5) is 5.69 Å². The Morgan fingerprint density at radius 3 is 2.62 bits per heavy atom. The number of anilines is 1. The lowest BCUT2D eigenvalue weighted by Crippen LogP contribution is -2.47. The van der Waals surface area contributed by atoms with Crippen LogP contribution in [0.5, 0.6) is 0 Å². The van der Waals surface area contributed by atoms with Crippen molar-refractivity contribution in [1.29, 1.82) is 0 Å². The molecule has 0 spiro atoms. The summed E-state index contributed by atoms with van der Waals surface area (Å²) in [5.41, 5.74) is 1.47. The first kappa shape index (κ1) is 15.8. The van der Waals surface area contributed by atoms with Crippen molar-refractivity contribution in [3.8, 4) is 0 Å². The summed E-state index contributed by atoms with van der Waals surface area (Å²) < 4.78 is 5.23. The molecule has 0 saturated carbocycles. The molecule has 0 radical (unpaired) electrons. The van der Waals surface area contributed by atoms with Crippen molar-refractivity contribution in [3.05, 3.63) is 28.8 Å². The quantitative estimate of drug-likeness (QED) is 0.856. The van der Waals surface area contributed by atoms with E-state index in [1.807, 2.05) is 6.92 Å². The molecule has 1 aromatic carbocycles. The van der Waals surface area contributed by atoms with Gasteiger partial charge in [-0.15, -0.1) is 0 Å². The smallest absolute Gasteiger partial charge is 0.242 e. The molecular formula is C15H19ClN2O3. The van der Waals surface area contributed by atoms with Gasteiger partial charge < -0.3 is 14.5 Å². The third kappa shape index (κ3) is 3.74. The topological polar surface area (TPSA) is 49.9 Å². The van der Waals surface area contributed by atoms with E-state index >= 15 is 0 Å². The molecule has 114 valence electrons. The minimum Gasteiger partial charge on any atom is -0.378 e. The largest absolute Gasteiger partial charge is 0.378 e. The molecule has 5 nitrogen and oxygen atoms in total. The number of benzene rings is 1.